The molecular weight excluding hydrogens is 244 g/mol. The minimum atomic E-state index is -0.710. The molecule has 0 aliphatic rings. The van der Waals surface area contributed by atoms with Crippen molar-refractivity contribution in [3.8, 4) is 0 Å². The van der Waals surface area contributed by atoms with Crippen LogP contribution in [0.1, 0.15) is 37.0 Å². The Balaban J connectivity index is 2.47. The first-order valence-corrected chi connectivity index (χ1v) is 6.33. The number of nitrogens with one attached hydrogen (secondary N) is 2. The van der Waals surface area contributed by atoms with Crippen LogP contribution < -0.4 is 11.1 Å². The molecule has 5 nitrogen and oxygen atoms in total. The maximum absolute atomic E-state index is 12.2. The van der Waals surface area contributed by atoms with Crippen LogP contribution in [0.25, 0.3) is 11.0 Å². The number of hydrogen-bond acceptors (Lipinski definition) is 3. The number of hydrogen-bond donors (Lipinski definition) is 2. The maximum Gasteiger partial charge on any atom is 0.314 e. The highest BCUT2D eigenvalue weighted by Crippen LogP contribution is 2.16. The molecule has 1 aromatic carbocycles. The topological polar surface area (TPSA) is 82.8 Å². The van der Waals surface area contributed by atoms with Gasteiger partial charge in [0.15, 0.2) is 5.78 Å². The van der Waals surface area contributed by atoms with Crippen molar-refractivity contribution >= 4 is 16.8 Å². The number of aromatic nitrogens is 2. The standard InChI is InChI=1S/C14H16N2O3/c1-3-4-8(2)12(17)9-5-6-10-11(7-9)16-14(19)13(18)15-10/h5-8H,3-4H2,1-2H3,(H,15,18)(H,16,19). The highest BCUT2D eigenvalue weighted by molar-refractivity contribution is 6.00. The van der Waals surface area contributed by atoms with Crippen molar-refractivity contribution in [3.05, 3.63) is 44.5 Å². The van der Waals surface area contributed by atoms with Crippen molar-refractivity contribution in [1.29, 1.82) is 0 Å². The van der Waals surface area contributed by atoms with Gasteiger partial charge in [0.05, 0.1) is 11.0 Å². The second-order valence-electron chi connectivity index (χ2n) is 4.72. The minimum absolute atomic E-state index is 0.0445. The summed E-state index contributed by atoms with van der Waals surface area (Å²) in [6.07, 6.45) is 1.78. The Labute approximate surface area is 109 Å². The summed E-state index contributed by atoms with van der Waals surface area (Å²) >= 11 is 0. The highest BCUT2D eigenvalue weighted by atomic mass is 16.2. The van der Waals surface area contributed by atoms with E-state index in [2.05, 4.69) is 9.97 Å². The molecule has 0 aliphatic carbocycles. The number of H-pyrrole nitrogens is 2. The molecule has 0 radical (unpaired) electrons. The molecular formula is C14H16N2O3. The van der Waals surface area contributed by atoms with Crippen molar-refractivity contribution < 1.29 is 4.79 Å². The molecule has 5 heteroatoms. The fourth-order valence-corrected chi connectivity index (χ4v) is 2.12. The molecule has 1 heterocycles. The van der Waals surface area contributed by atoms with Crippen molar-refractivity contribution in [2.75, 3.05) is 0 Å². The smallest absolute Gasteiger partial charge is 0.314 e. The Kier molecular flexibility index (Phi) is 3.64. The molecule has 0 fully saturated rings. The quantitative estimate of drug-likeness (QED) is 0.650. The molecule has 2 aromatic rings. The highest BCUT2D eigenvalue weighted by Gasteiger charge is 2.14. The van der Waals surface area contributed by atoms with Gasteiger partial charge in [-0.25, -0.2) is 0 Å². The second-order valence-corrected chi connectivity index (χ2v) is 4.72. The third kappa shape index (κ3) is 2.65. The maximum atomic E-state index is 12.2. The summed E-state index contributed by atoms with van der Waals surface area (Å²) in [4.78, 5) is 39.6. The van der Waals surface area contributed by atoms with Crippen molar-refractivity contribution in [3.63, 3.8) is 0 Å². The van der Waals surface area contributed by atoms with Crippen LogP contribution >= 0.6 is 0 Å². The lowest BCUT2D eigenvalue weighted by Crippen LogP contribution is -2.29. The van der Waals surface area contributed by atoms with E-state index in [9.17, 15) is 14.4 Å². The Morgan fingerprint density at radius 2 is 1.79 bits per heavy atom. The van der Waals surface area contributed by atoms with E-state index in [1.807, 2.05) is 13.8 Å². The molecule has 19 heavy (non-hydrogen) atoms. The molecule has 0 saturated heterocycles. The van der Waals surface area contributed by atoms with Gasteiger partial charge in [-0.15, -0.1) is 0 Å². The first-order valence-electron chi connectivity index (χ1n) is 6.33. The first kappa shape index (κ1) is 13.3. The Morgan fingerprint density at radius 1 is 1.16 bits per heavy atom. The normalized spacial score (nSPS) is 12.5. The molecule has 0 aliphatic heterocycles. The van der Waals surface area contributed by atoms with Crippen LogP contribution in [0.3, 0.4) is 0 Å². The van der Waals surface area contributed by atoms with Gasteiger partial charge in [0.25, 0.3) is 0 Å². The van der Waals surface area contributed by atoms with Gasteiger partial charge in [-0.2, -0.15) is 0 Å². The lowest BCUT2D eigenvalue weighted by atomic mass is 9.95. The minimum Gasteiger partial charge on any atom is -0.316 e. The van der Waals surface area contributed by atoms with E-state index in [4.69, 9.17) is 0 Å². The predicted octanol–water partition coefficient (Wildman–Crippen LogP) is 1.84. The lowest BCUT2D eigenvalue weighted by molar-refractivity contribution is 0.0923. The molecule has 0 saturated carbocycles. The average Bonchev–Trinajstić information content (AvgIpc) is 2.39. The molecule has 2 rings (SSSR count). The summed E-state index contributed by atoms with van der Waals surface area (Å²) in [5.41, 5.74) is 0.143. The lowest BCUT2D eigenvalue weighted by Gasteiger charge is -2.09. The summed E-state index contributed by atoms with van der Waals surface area (Å²) in [7, 11) is 0. The average molecular weight is 260 g/mol. The summed E-state index contributed by atoms with van der Waals surface area (Å²) in [6, 6.07) is 4.92. The van der Waals surface area contributed by atoms with Gasteiger partial charge in [-0.3, -0.25) is 14.4 Å². The van der Waals surface area contributed by atoms with Crippen LogP contribution in [0, 0.1) is 5.92 Å². The van der Waals surface area contributed by atoms with E-state index in [0.717, 1.165) is 12.8 Å². The monoisotopic (exact) mass is 260 g/mol. The number of carbonyl (C=O) groups is 1. The van der Waals surface area contributed by atoms with Gasteiger partial charge in [0.1, 0.15) is 0 Å². The third-order valence-electron chi connectivity index (χ3n) is 3.18. The zero-order valence-electron chi connectivity index (χ0n) is 10.9. The van der Waals surface area contributed by atoms with E-state index >= 15 is 0 Å². The fraction of sp³-hybridized carbons (Fsp3) is 0.357. The van der Waals surface area contributed by atoms with Crippen LogP contribution in [-0.4, -0.2) is 15.8 Å². The van der Waals surface area contributed by atoms with Gasteiger partial charge in [0.2, 0.25) is 0 Å². The summed E-state index contributed by atoms with van der Waals surface area (Å²) in [5.74, 6) is 0.00716. The van der Waals surface area contributed by atoms with E-state index in [1.165, 1.54) is 0 Å². The molecule has 2 N–H and O–H groups in total. The van der Waals surface area contributed by atoms with Crippen molar-refractivity contribution in [1.82, 2.24) is 9.97 Å². The molecule has 0 amide bonds. The largest absolute Gasteiger partial charge is 0.316 e. The Bertz CT molecular complexity index is 727. The fourth-order valence-electron chi connectivity index (χ4n) is 2.12. The summed E-state index contributed by atoms with van der Waals surface area (Å²) in [5, 5.41) is 0. The van der Waals surface area contributed by atoms with E-state index in [1.54, 1.807) is 18.2 Å². The zero-order valence-corrected chi connectivity index (χ0v) is 10.9. The molecule has 1 aromatic heterocycles. The molecule has 1 unspecified atom stereocenters. The summed E-state index contributed by atoms with van der Waals surface area (Å²) in [6.45, 7) is 3.93. The molecule has 1 atom stereocenters. The van der Waals surface area contributed by atoms with Gasteiger partial charge >= 0.3 is 11.1 Å². The number of Topliss-reactive ketones (excluding diaryl/α,β-unsaturated/α-hetero) is 1. The van der Waals surface area contributed by atoms with Crippen molar-refractivity contribution in [2.24, 2.45) is 5.92 Å². The van der Waals surface area contributed by atoms with Gasteiger partial charge in [-0.05, 0) is 24.6 Å². The Morgan fingerprint density at radius 3 is 2.42 bits per heavy atom. The van der Waals surface area contributed by atoms with Gasteiger partial charge < -0.3 is 9.97 Å². The number of fused-ring (bicyclic) bond motifs is 1. The van der Waals surface area contributed by atoms with Crippen LogP contribution in [0.2, 0.25) is 0 Å². The van der Waals surface area contributed by atoms with Crippen molar-refractivity contribution in [2.45, 2.75) is 26.7 Å². The van der Waals surface area contributed by atoms with Crippen LogP contribution in [0.4, 0.5) is 0 Å². The van der Waals surface area contributed by atoms with Gasteiger partial charge in [0, 0.05) is 11.5 Å². The SMILES string of the molecule is CCCC(C)C(=O)c1ccc2[nH]c(=O)c(=O)[nH]c2c1. The number of ketones is 1. The van der Waals surface area contributed by atoms with E-state index in [0.29, 0.717) is 16.6 Å². The summed E-state index contributed by atoms with van der Waals surface area (Å²) < 4.78 is 0. The molecule has 0 bridgehead atoms. The van der Waals surface area contributed by atoms with Crippen LogP contribution in [0.5, 0.6) is 0 Å². The Hall–Kier alpha value is -2.17. The second kappa shape index (κ2) is 5.22. The van der Waals surface area contributed by atoms with Crippen LogP contribution in [0.15, 0.2) is 27.8 Å². The number of rotatable bonds is 4. The number of carbonyl (C=O) groups excluding carboxylic acids is 1. The number of benzene rings is 1. The van der Waals surface area contributed by atoms with E-state index in [-0.39, 0.29) is 11.7 Å². The molecule has 100 valence electrons. The van der Waals surface area contributed by atoms with Crippen LogP contribution in [-0.2, 0) is 0 Å². The zero-order chi connectivity index (χ0) is 14.0. The van der Waals surface area contributed by atoms with Gasteiger partial charge in [-0.1, -0.05) is 20.3 Å². The predicted molar refractivity (Wildman–Crippen MR) is 73.6 cm³/mol. The first-order chi connectivity index (χ1) is 9.02. The third-order valence-corrected chi connectivity index (χ3v) is 3.18. The molecule has 0 spiro atoms. The number of aromatic amines is 2. The van der Waals surface area contributed by atoms with E-state index < -0.39 is 11.1 Å².